The number of nitrogens with one attached hydrogen (secondary N) is 1. The summed E-state index contributed by atoms with van der Waals surface area (Å²) in [6.07, 6.45) is 2.70. The van der Waals surface area contributed by atoms with Crippen LogP contribution in [0.25, 0.3) is 0 Å². The van der Waals surface area contributed by atoms with Gasteiger partial charge in [-0.3, -0.25) is 14.5 Å². The largest absolute Gasteiger partial charge is 0.312 e. The molecule has 0 bridgehead atoms. The van der Waals surface area contributed by atoms with Crippen LogP contribution in [0.4, 0.5) is 0 Å². The van der Waals surface area contributed by atoms with Gasteiger partial charge in [-0.1, -0.05) is 20.8 Å². The van der Waals surface area contributed by atoms with E-state index >= 15 is 0 Å². The standard InChI is InChI=1S/C13H22N2O2/c1-9-7-11(16)15(12(9)17)8-10-13(2,3)5-4-6-14-10/h9-10,14H,4-8H2,1-3H3. The molecular weight excluding hydrogens is 216 g/mol. The molecule has 0 saturated carbocycles. The van der Waals surface area contributed by atoms with Crippen LogP contribution in [0.3, 0.4) is 0 Å². The summed E-state index contributed by atoms with van der Waals surface area (Å²) in [7, 11) is 0. The van der Waals surface area contributed by atoms with Crippen molar-refractivity contribution < 1.29 is 9.59 Å². The van der Waals surface area contributed by atoms with Crippen LogP contribution in [0.1, 0.15) is 40.0 Å². The minimum atomic E-state index is -0.130. The SMILES string of the molecule is CC1CC(=O)N(CC2NCCCC2(C)C)C1=O. The number of rotatable bonds is 2. The van der Waals surface area contributed by atoms with Gasteiger partial charge in [0.15, 0.2) is 0 Å². The molecule has 17 heavy (non-hydrogen) atoms. The number of hydrogen-bond acceptors (Lipinski definition) is 3. The number of piperidine rings is 1. The van der Waals surface area contributed by atoms with Crippen LogP contribution in [0.5, 0.6) is 0 Å². The fraction of sp³-hybridized carbons (Fsp3) is 0.846. The van der Waals surface area contributed by atoms with Crippen LogP contribution >= 0.6 is 0 Å². The molecule has 0 radical (unpaired) electrons. The van der Waals surface area contributed by atoms with E-state index in [4.69, 9.17) is 0 Å². The van der Waals surface area contributed by atoms with Crippen molar-refractivity contribution >= 4 is 11.8 Å². The minimum absolute atomic E-state index is 0.00169. The fourth-order valence-electron chi connectivity index (χ4n) is 2.81. The molecule has 4 heteroatoms. The Morgan fingerprint density at radius 1 is 1.41 bits per heavy atom. The first-order valence-corrected chi connectivity index (χ1v) is 6.49. The summed E-state index contributed by atoms with van der Waals surface area (Å²) < 4.78 is 0. The summed E-state index contributed by atoms with van der Waals surface area (Å²) >= 11 is 0. The first-order valence-electron chi connectivity index (χ1n) is 6.49. The maximum Gasteiger partial charge on any atom is 0.232 e. The van der Waals surface area contributed by atoms with Gasteiger partial charge < -0.3 is 5.32 Å². The molecular formula is C13H22N2O2. The molecule has 2 fully saturated rings. The summed E-state index contributed by atoms with van der Waals surface area (Å²) in [4.78, 5) is 25.1. The number of nitrogens with zero attached hydrogens (tertiary/aromatic N) is 1. The monoisotopic (exact) mass is 238 g/mol. The van der Waals surface area contributed by atoms with Gasteiger partial charge in [0.1, 0.15) is 0 Å². The molecule has 1 N–H and O–H groups in total. The zero-order chi connectivity index (χ0) is 12.6. The van der Waals surface area contributed by atoms with Crippen molar-refractivity contribution in [3.05, 3.63) is 0 Å². The van der Waals surface area contributed by atoms with Gasteiger partial charge in [0.2, 0.25) is 11.8 Å². The maximum absolute atomic E-state index is 11.9. The Kier molecular flexibility index (Phi) is 3.25. The molecule has 0 aromatic carbocycles. The van der Waals surface area contributed by atoms with E-state index in [1.165, 1.54) is 11.3 Å². The third kappa shape index (κ3) is 2.37. The molecule has 2 aliphatic heterocycles. The van der Waals surface area contributed by atoms with E-state index in [1.807, 2.05) is 6.92 Å². The lowest BCUT2D eigenvalue weighted by Gasteiger charge is -2.40. The summed E-state index contributed by atoms with van der Waals surface area (Å²) in [5.41, 5.74) is 0.157. The smallest absolute Gasteiger partial charge is 0.232 e. The van der Waals surface area contributed by atoms with Crippen molar-refractivity contribution in [2.24, 2.45) is 11.3 Å². The number of carbonyl (C=O) groups is 2. The average Bonchev–Trinajstić information content (AvgIpc) is 2.47. The molecule has 2 saturated heterocycles. The van der Waals surface area contributed by atoms with E-state index in [2.05, 4.69) is 19.2 Å². The zero-order valence-corrected chi connectivity index (χ0v) is 11.0. The average molecular weight is 238 g/mol. The predicted molar refractivity (Wildman–Crippen MR) is 65.3 cm³/mol. The lowest BCUT2D eigenvalue weighted by atomic mass is 9.77. The number of imide groups is 1. The fourth-order valence-corrected chi connectivity index (χ4v) is 2.81. The lowest BCUT2D eigenvalue weighted by molar-refractivity contribution is -0.140. The van der Waals surface area contributed by atoms with Gasteiger partial charge >= 0.3 is 0 Å². The Morgan fingerprint density at radius 3 is 2.65 bits per heavy atom. The van der Waals surface area contributed by atoms with E-state index in [0.717, 1.165) is 13.0 Å². The number of carbonyl (C=O) groups excluding carboxylic acids is 2. The molecule has 2 atom stereocenters. The highest BCUT2D eigenvalue weighted by molar-refractivity contribution is 6.03. The lowest BCUT2D eigenvalue weighted by Crippen LogP contribution is -2.53. The Labute approximate surface area is 103 Å². The van der Waals surface area contributed by atoms with E-state index in [1.54, 1.807) is 0 Å². The molecule has 2 aliphatic rings. The van der Waals surface area contributed by atoms with Crippen LogP contribution < -0.4 is 5.32 Å². The van der Waals surface area contributed by atoms with Crippen LogP contribution in [-0.4, -0.2) is 35.8 Å². The maximum atomic E-state index is 11.9. The van der Waals surface area contributed by atoms with E-state index < -0.39 is 0 Å². The van der Waals surface area contributed by atoms with Crippen molar-refractivity contribution in [2.75, 3.05) is 13.1 Å². The minimum Gasteiger partial charge on any atom is -0.312 e. The van der Waals surface area contributed by atoms with Crippen molar-refractivity contribution in [3.63, 3.8) is 0 Å². The highest BCUT2D eigenvalue weighted by Gasteiger charge is 2.40. The molecule has 96 valence electrons. The van der Waals surface area contributed by atoms with Crippen LogP contribution in [0.2, 0.25) is 0 Å². The zero-order valence-electron chi connectivity index (χ0n) is 11.0. The number of likely N-dealkylation sites (tertiary alicyclic amines) is 1. The molecule has 0 aliphatic carbocycles. The molecule has 0 aromatic rings. The Hall–Kier alpha value is -0.900. The van der Waals surface area contributed by atoms with Crippen LogP contribution in [-0.2, 0) is 9.59 Å². The highest BCUT2D eigenvalue weighted by Crippen LogP contribution is 2.31. The van der Waals surface area contributed by atoms with E-state index in [9.17, 15) is 9.59 Å². The normalized spacial score (nSPS) is 33.2. The van der Waals surface area contributed by atoms with Gasteiger partial charge in [0, 0.05) is 24.9 Å². The van der Waals surface area contributed by atoms with Gasteiger partial charge in [-0.25, -0.2) is 0 Å². The third-order valence-corrected chi connectivity index (χ3v) is 4.17. The molecule has 2 amide bonds. The van der Waals surface area contributed by atoms with E-state index in [-0.39, 0.29) is 29.2 Å². The van der Waals surface area contributed by atoms with Crippen molar-refractivity contribution in [3.8, 4) is 0 Å². The van der Waals surface area contributed by atoms with E-state index in [0.29, 0.717) is 13.0 Å². The quantitative estimate of drug-likeness (QED) is 0.734. The first-order chi connectivity index (χ1) is 7.92. The third-order valence-electron chi connectivity index (χ3n) is 4.17. The van der Waals surface area contributed by atoms with Crippen molar-refractivity contribution in [2.45, 2.75) is 46.1 Å². The number of amides is 2. The van der Waals surface area contributed by atoms with Gasteiger partial charge in [0.05, 0.1) is 0 Å². The van der Waals surface area contributed by atoms with Gasteiger partial charge in [0.25, 0.3) is 0 Å². The Morgan fingerprint density at radius 2 is 2.12 bits per heavy atom. The molecule has 0 aromatic heterocycles. The van der Waals surface area contributed by atoms with Gasteiger partial charge in [-0.15, -0.1) is 0 Å². The molecule has 2 heterocycles. The summed E-state index contributed by atoms with van der Waals surface area (Å²) in [6.45, 7) is 7.77. The second kappa shape index (κ2) is 4.41. The van der Waals surface area contributed by atoms with Crippen molar-refractivity contribution in [1.29, 1.82) is 0 Å². The first kappa shape index (κ1) is 12.6. The molecule has 0 spiro atoms. The highest BCUT2D eigenvalue weighted by atomic mass is 16.2. The molecule has 2 rings (SSSR count). The summed E-state index contributed by atoms with van der Waals surface area (Å²) in [5, 5.41) is 3.45. The Bertz CT molecular complexity index is 338. The van der Waals surface area contributed by atoms with Crippen LogP contribution in [0, 0.1) is 11.3 Å². The molecule has 2 unspecified atom stereocenters. The number of hydrogen-bond donors (Lipinski definition) is 1. The second-order valence-electron chi connectivity index (χ2n) is 6.05. The summed E-state index contributed by atoms with van der Waals surface area (Å²) in [6, 6.07) is 0.231. The Balaban J connectivity index is 2.05. The van der Waals surface area contributed by atoms with Gasteiger partial charge in [-0.2, -0.15) is 0 Å². The van der Waals surface area contributed by atoms with Crippen LogP contribution in [0.15, 0.2) is 0 Å². The predicted octanol–water partition coefficient (Wildman–Crippen LogP) is 1.16. The second-order valence-corrected chi connectivity index (χ2v) is 6.05. The topological polar surface area (TPSA) is 49.4 Å². The van der Waals surface area contributed by atoms with Crippen molar-refractivity contribution in [1.82, 2.24) is 10.2 Å². The summed E-state index contributed by atoms with van der Waals surface area (Å²) in [5.74, 6) is -0.141. The molecule has 4 nitrogen and oxygen atoms in total. The van der Waals surface area contributed by atoms with Gasteiger partial charge in [-0.05, 0) is 24.8 Å².